The van der Waals surface area contributed by atoms with Gasteiger partial charge in [-0.3, -0.25) is 9.89 Å². The number of nitrogens with zero attached hydrogens (tertiary/aromatic N) is 3. The van der Waals surface area contributed by atoms with Crippen LogP contribution in [0.1, 0.15) is 49.6 Å². The molecule has 0 saturated carbocycles. The minimum Gasteiger partial charge on any atom is -0.444 e. The second kappa shape index (κ2) is 10.3. The number of aryl methyl sites for hydroxylation is 2. The molecule has 0 unspecified atom stereocenters. The van der Waals surface area contributed by atoms with Crippen molar-refractivity contribution in [2.75, 3.05) is 33.2 Å². The van der Waals surface area contributed by atoms with Gasteiger partial charge in [0.15, 0.2) is 5.96 Å². The van der Waals surface area contributed by atoms with Crippen LogP contribution in [0.2, 0.25) is 0 Å². The molecule has 0 amide bonds. The smallest absolute Gasteiger partial charge is 0.208 e. The number of oxazole rings is 1. The molecule has 0 spiro atoms. The van der Waals surface area contributed by atoms with Crippen LogP contribution in [-0.4, -0.2) is 49.1 Å². The number of piperidine rings is 1. The third-order valence-electron chi connectivity index (χ3n) is 6.22. The van der Waals surface area contributed by atoms with E-state index in [1.54, 1.807) is 19.2 Å². The third kappa shape index (κ3) is 6.53. The quantitative estimate of drug-likeness (QED) is 0.518. The topological polar surface area (TPSA) is 65.7 Å². The maximum Gasteiger partial charge on any atom is 0.208 e. The van der Waals surface area contributed by atoms with Gasteiger partial charge in [-0.25, -0.2) is 9.37 Å². The second-order valence-electron chi connectivity index (χ2n) is 9.17. The molecule has 1 aromatic carbocycles. The predicted molar refractivity (Wildman–Crippen MR) is 123 cm³/mol. The Balaban J connectivity index is 1.41. The zero-order chi connectivity index (χ0) is 22.4. The van der Waals surface area contributed by atoms with Crippen LogP contribution in [0.15, 0.2) is 33.7 Å². The molecule has 2 N–H and O–H groups in total. The van der Waals surface area contributed by atoms with Crippen LogP contribution in [0.4, 0.5) is 4.39 Å². The van der Waals surface area contributed by atoms with Crippen LogP contribution in [0, 0.1) is 25.6 Å². The average Bonchev–Trinajstić information content (AvgIpc) is 3.06. The molecule has 1 aliphatic heterocycles. The van der Waals surface area contributed by atoms with Gasteiger partial charge in [0.25, 0.3) is 0 Å². The van der Waals surface area contributed by atoms with E-state index in [2.05, 4.69) is 39.4 Å². The summed E-state index contributed by atoms with van der Waals surface area (Å²) in [6.45, 7) is 12.6. The maximum atomic E-state index is 13.6. The van der Waals surface area contributed by atoms with Gasteiger partial charge < -0.3 is 15.1 Å². The number of aliphatic imine (C=N–C) groups is 1. The Morgan fingerprint density at radius 3 is 2.61 bits per heavy atom. The molecule has 6 nitrogen and oxygen atoms in total. The minimum absolute atomic E-state index is 0.201. The van der Waals surface area contributed by atoms with Crippen LogP contribution in [-0.2, 0) is 12.0 Å². The van der Waals surface area contributed by atoms with E-state index in [9.17, 15) is 4.39 Å². The van der Waals surface area contributed by atoms with E-state index in [-0.39, 0.29) is 11.2 Å². The highest BCUT2D eigenvalue weighted by Gasteiger charge is 2.23. The van der Waals surface area contributed by atoms with Crippen molar-refractivity contribution in [2.24, 2.45) is 10.9 Å². The fourth-order valence-electron chi connectivity index (χ4n) is 3.92. The number of rotatable bonds is 7. The first-order valence-electron chi connectivity index (χ1n) is 11.1. The first kappa shape index (κ1) is 23.3. The van der Waals surface area contributed by atoms with E-state index >= 15 is 0 Å². The minimum atomic E-state index is -0.207. The van der Waals surface area contributed by atoms with E-state index < -0.39 is 0 Å². The lowest BCUT2D eigenvalue weighted by Gasteiger charge is -2.32. The van der Waals surface area contributed by atoms with Crippen molar-refractivity contribution in [3.05, 3.63) is 53.0 Å². The standard InChI is InChI=1S/C24H36FN5O/c1-17-18(2)31-22(29-17)15-30-11-9-19(10-12-30)14-27-23(26-5)28-16-24(3,4)20-7-6-8-21(25)13-20/h6-8,13,19H,9-12,14-16H2,1-5H3,(H2,26,27,28). The summed E-state index contributed by atoms with van der Waals surface area (Å²) in [5.74, 6) is 2.93. The Morgan fingerprint density at radius 2 is 2.00 bits per heavy atom. The lowest BCUT2D eigenvalue weighted by Crippen LogP contribution is -2.46. The number of hydrogen-bond donors (Lipinski definition) is 2. The Hall–Kier alpha value is -2.41. The van der Waals surface area contributed by atoms with Crippen molar-refractivity contribution in [2.45, 2.75) is 52.5 Å². The number of guanidine groups is 1. The Bertz CT molecular complexity index is 864. The molecule has 31 heavy (non-hydrogen) atoms. The summed E-state index contributed by atoms with van der Waals surface area (Å²) in [6.07, 6.45) is 2.27. The lowest BCUT2D eigenvalue weighted by molar-refractivity contribution is 0.164. The predicted octanol–water partition coefficient (Wildman–Crippen LogP) is 3.79. The fourth-order valence-corrected chi connectivity index (χ4v) is 3.92. The molecule has 170 valence electrons. The number of likely N-dealkylation sites (tertiary alicyclic amines) is 1. The Labute approximate surface area is 185 Å². The fraction of sp³-hybridized carbons (Fsp3) is 0.583. The van der Waals surface area contributed by atoms with Gasteiger partial charge in [-0.1, -0.05) is 26.0 Å². The molecule has 1 fully saturated rings. The summed E-state index contributed by atoms with van der Waals surface area (Å²) in [6, 6.07) is 6.81. The Morgan fingerprint density at radius 1 is 1.26 bits per heavy atom. The maximum absolute atomic E-state index is 13.6. The van der Waals surface area contributed by atoms with Crippen molar-refractivity contribution in [3.8, 4) is 0 Å². The molecule has 0 aliphatic carbocycles. The molecule has 3 rings (SSSR count). The van der Waals surface area contributed by atoms with Gasteiger partial charge in [0, 0.05) is 25.6 Å². The highest BCUT2D eigenvalue weighted by atomic mass is 19.1. The van der Waals surface area contributed by atoms with Crippen LogP contribution >= 0.6 is 0 Å². The van der Waals surface area contributed by atoms with Gasteiger partial charge in [-0.15, -0.1) is 0 Å². The van der Waals surface area contributed by atoms with Gasteiger partial charge in [0.1, 0.15) is 11.6 Å². The molecule has 2 aromatic rings. The Kier molecular flexibility index (Phi) is 7.70. The monoisotopic (exact) mass is 429 g/mol. The zero-order valence-corrected chi connectivity index (χ0v) is 19.5. The van der Waals surface area contributed by atoms with Crippen LogP contribution in [0.25, 0.3) is 0 Å². The number of aromatic nitrogens is 1. The summed E-state index contributed by atoms with van der Waals surface area (Å²) in [5, 5.41) is 6.87. The highest BCUT2D eigenvalue weighted by Crippen LogP contribution is 2.23. The summed E-state index contributed by atoms with van der Waals surface area (Å²) < 4.78 is 19.3. The molecule has 0 radical (unpaired) electrons. The van der Waals surface area contributed by atoms with Crippen LogP contribution < -0.4 is 10.6 Å². The largest absolute Gasteiger partial charge is 0.444 e. The molecule has 7 heteroatoms. The first-order chi connectivity index (χ1) is 14.8. The van der Waals surface area contributed by atoms with Crippen LogP contribution in [0.3, 0.4) is 0 Å². The van der Waals surface area contributed by atoms with Crippen molar-refractivity contribution in [1.82, 2.24) is 20.5 Å². The molecular weight excluding hydrogens is 393 g/mol. The first-order valence-corrected chi connectivity index (χ1v) is 11.1. The van der Waals surface area contributed by atoms with Gasteiger partial charge in [-0.2, -0.15) is 0 Å². The van der Waals surface area contributed by atoms with E-state index in [1.807, 2.05) is 19.9 Å². The van der Waals surface area contributed by atoms with E-state index in [0.29, 0.717) is 12.5 Å². The zero-order valence-electron chi connectivity index (χ0n) is 19.5. The van der Waals surface area contributed by atoms with E-state index in [1.165, 1.54) is 6.07 Å². The van der Waals surface area contributed by atoms with Crippen molar-refractivity contribution in [3.63, 3.8) is 0 Å². The molecule has 1 aromatic heterocycles. The SMILES string of the molecule is CN=C(NCC1CCN(Cc2nc(C)c(C)o2)CC1)NCC(C)(C)c1cccc(F)c1. The molecule has 1 saturated heterocycles. The molecule has 0 bridgehead atoms. The molecule has 0 atom stereocenters. The average molecular weight is 430 g/mol. The molecule has 2 heterocycles. The summed E-state index contributed by atoms with van der Waals surface area (Å²) in [5.41, 5.74) is 1.74. The van der Waals surface area contributed by atoms with E-state index in [0.717, 1.165) is 67.9 Å². The molecule has 1 aliphatic rings. The van der Waals surface area contributed by atoms with E-state index in [4.69, 9.17) is 4.42 Å². The summed E-state index contributed by atoms with van der Waals surface area (Å²) in [7, 11) is 1.79. The normalized spacial score (nSPS) is 16.5. The number of nitrogens with one attached hydrogen (secondary N) is 2. The number of halogens is 1. The van der Waals surface area contributed by atoms with Gasteiger partial charge in [-0.05, 0) is 63.4 Å². The van der Waals surface area contributed by atoms with Gasteiger partial charge >= 0.3 is 0 Å². The lowest BCUT2D eigenvalue weighted by atomic mass is 9.84. The molecular formula is C24H36FN5O. The third-order valence-corrected chi connectivity index (χ3v) is 6.22. The highest BCUT2D eigenvalue weighted by molar-refractivity contribution is 5.79. The van der Waals surface area contributed by atoms with Crippen molar-refractivity contribution in [1.29, 1.82) is 0 Å². The number of hydrogen-bond acceptors (Lipinski definition) is 4. The number of benzene rings is 1. The second-order valence-corrected chi connectivity index (χ2v) is 9.17. The van der Waals surface area contributed by atoms with Crippen molar-refractivity contribution >= 4 is 5.96 Å². The van der Waals surface area contributed by atoms with Gasteiger partial charge in [0.05, 0.1) is 12.2 Å². The van der Waals surface area contributed by atoms with Gasteiger partial charge in [0.2, 0.25) is 5.89 Å². The van der Waals surface area contributed by atoms with Crippen molar-refractivity contribution < 1.29 is 8.81 Å². The summed E-state index contributed by atoms with van der Waals surface area (Å²) >= 11 is 0. The summed E-state index contributed by atoms with van der Waals surface area (Å²) in [4.78, 5) is 11.3. The van der Waals surface area contributed by atoms with Crippen LogP contribution in [0.5, 0.6) is 0 Å².